The molecule has 1 N–H and O–H groups in total. The van der Waals surface area contributed by atoms with Crippen molar-refractivity contribution in [3.63, 3.8) is 0 Å². The molecular formula is C19H24BrN3O2. The second-order valence-corrected chi connectivity index (χ2v) is 7.86. The smallest absolute Gasteiger partial charge is 0.223 e. The molecule has 25 heavy (non-hydrogen) atoms. The van der Waals surface area contributed by atoms with Crippen LogP contribution in [0.4, 0.5) is 0 Å². The molecule has 1 amide bonds. The van der Waals surface area contributed by atoms with E-state index in [9.17, 15) is 4.79 Å². The van der Waals surface area contributed by atoms with Crippen LogP contribution in [0, 0.1) is 5.92 Å². The van der Waals surface area contributed by atoms with E-state index < -0.39 is 0 Å². The maximum atomic E-state index is 12.6. The average Bonchev–Trinajstić information content (AvgIpc) is 3.21. The lowest BCUT2D eigenvalue weighted by Gasteiger charge is -2.23. The van der Waals surface area contributed by atoms with Crippen LogP contribution in [-0.2, 0) is 9.53 Å². The Labute approximate surface area is 156 Å². The lowest BCUT2D eigenvalue weighted by atomic mass is 10.1. The quantitative estimate of drug-likeness (QED) is 0.811. The largest absolute Gasteiger partial charge is 0.380 e. The molecule has 2 aromatic rings. The highest BCUT2D eigenvalue weighted by molar-refractivity contribution is 9.10. The van der Waals surface area contributed by atoms with Gasteiger partial charge < -0.3 is 14.6 Å². The number of likely N-dealkylation sites (tertiary alicyclic amines) is 1. The Kier molecular flexibility index (Phi) is 5.59. The van der Waals surface area contributed by atoms with Crippen LogP contribution in [0.1, 0.15) is 38.6 Å². The number of carbonyl (C=O) groups is 1. The van der Waals surface area contributed by atoms with Gasteiger partial charge >= 0.3 is 0 Å². The molecule has 2 heterocycles. The number of benzene rings is 1. The number of methoxy groups -OCH3 is 1. The molecule has 1 saturated heterocycles. The van der Waals surface area contributed by atoms with Crippen LogP contribution in [0.15, 0.2) is 34.9 Å². The molecule has 0 radical (unpaired) electrons. The third-order valence-electron chi connectivity index (χ3n) is 4.57. The molecule has 0 aliphatic carbocycles. The van der Waals surface area contributed by atoms with Gasteiger partial charge in [-0.05, 0) is 23.6 Å². The van der Waals surface area contributed by atoms with E-state index in [2.05, 4.69) is 39.7 Å². The fourth-order valence-electron chi connectivity index (χ4n) is 3.25. The summed E-state index contributed by atoms with van der Waals surface area (Å²) in [6, 6.07) is 8.03. The van der Waals surface area contributed by atoms with Gasteiger partial charge in [0.1, 0.15) is 5.82 Å². The number of hydrogen-bond donors (Lipinski definition) is 1. The number of carbonyl (C=O) groups excluding carboxylic acids is 1. The second kappa shape index (κ2) is 7.70. The molecule has 0 spiro atoms. The number of H-pyrrole nitrogens is 1. The van der Waals surface area contributed by atoms with Gasteiger partial charge in [-0.2, -0.15) is 0 Å². The summed E-state index contributed by atoms with van der Waals surface area (Å²) in [6.45, 7) is 4.76. The molecule has 5 nitrogen and oxygen atoms in total. The summed E-state index contributed by atoms with van der Waals surface area (Å²) in [5.41, 5.74) is 2.03. The summed E-state index contributed by atoms with van der Waals surface area (Å²) < 4.78 is 6.55. The van der Waals surface area contributed by atoms with E-state index in [1.807, 2.05) is 35.4 Å². The second-order valence-electron chi connectivity index (χ2n) is 6.94. The van der Waals surface area contributed by atoms with E-state index in [-0.39, 0.29) is 18.1 Å². The van der Waals surface area contributed by atoms with Gasteiger partial charge in [-0.1, -0.05) is 41.9 Å². The van der Waals surface area contributed by atoms with Crippen molar-refractivity contribution in [1.82, 2.24) is 14.9 Å². The number of hydrogen-bond acceptors (Lipinski definition) is 3. The van der Waals surface area contributed by atoms with Crippen LogP contribution in [0.2, 0.25) is 0 Å². The van der Waals surface area contributed by atoms with Gasteiger partial charge in [0.25, 0.3) is 0 Å². The van der Waals surface area contributed by atoms with Crippen molar-refractivity contribution in [2.75, 3.05) is 13.7 Å². The Morgan fingerprint density at radius 3 is 2.76 bits per heavy atom. The number of amides is 1. The number of aromatic amines is 1. The Morgan fingerprint density at radius 1 is 1.40 bits per heavy atom. The molecule has 0 bridgehead atoms. The van der Waals surface area contributed by atoms with E-state index in [0.29, 0.717) is 18.9 Å². The zero-order chi connectivity index (χ0) is 18.0. The normalized spacial score (nSPS) is 20.4. The van der Waals surface area contributed by atoms with Crippen LogP contribution in [0.3, 0.4) is 0 Å². The van der Waals surface area contributed by atoms with Crippen molar-refractivity contribution in [1.29, 1.82) is 0 Å². The molecule has 1 aromatic carbocycles. The monoisotopic (exact) mass is 405 g/mol. The molecule has 6 heteroatoms. The van der Waals surface area contributed by atoms with E-state index >= 15 is 0 Å². The summed E-state index contributed by atoms with van der Waals surface area (Å²) in [5, 5.41) is 0. The third-order valence-corrected chi connectivity index (χ3v) is 5.09. The van der Waals surface area contributed by atoms with Crippen LogP contribution in [-0.4, -0.2) is 40.5 Å². The Hall–Kier alpha value is -1.66. The first kappa shape index (κ1) is 18.1. The van der Waals surface area contributed by atoms with Crippen LogP contribution in [0.5, 0.6) is 0 Å². The fourth-order valence-corrected chi connectivity index (χ4v) is 3.52. The fraction of sp³-hybridized carbons (Fsp3) is 0.474. The lowest BCUT2D eigenvalue weighted by Crippen LogP contribution is -2.33. The minimum Gasteiger partial charge on any atom is -0.380 e. The van der Waals surface area contributed by atoms with Crippen molar-refractivity contribution in [2.24, 2.45) is 5.92 Å². The molecule has 134 valence electrons. The molecular weight excluding hydrogens is 382 g/mol. The molecule has 1 aliphatic rings. The molecule has 2 unspecified atom stereocenters. The highest BCUT2D eigenvalue weighted by atomic mass is 79.9. The SMILES string of the molecule is COC1CC(c2ncc(-c3ccc(Br)cc3)[nH]2)N(C(=O)CC(C)C)C1. The minimum absolute atomic E-state index is 0.0552. The van der Waals surface area contributed by atoms with E-state index in [1.54, 1.807) is 7.11 Å². The summed E-state index contributed by atoms with van der Waals surface area (Å²) in [7, 11) is 1.70. The summed E-state index contributed by atoms with van der Waals surface area (Å²) in [6.07, 6.45) is 3.22. The van der Waals surface area contributed by atoms with Gasteiger partial charge in [-0.15, -0.1) is 0 Å². The van der Waals surface area contributed by atoms with Crippen LogP contribution in [0.25, 0.3) is 11.3 Å². The van der Waals surface area contributed by atoms with Gasteiger partial charge in [0.2, 0.25) is 5.91 Å². The minimum atomic E-state index is -0.0552. The van der Waals surface area contributed by atoms with Crippen molar-refractivity contribution >= 4 is 21.8 Å². The molecule has 2 atom stereocenters. The first-order chi connectivity index (χ1) is 12.0. The summed E-state index contributed by atoms with van der Waals surface area (Å²) >= 11 is 3.45. The van der Waals surface area contributed by atoms with Gasteiger partial charge in [0, 0.05) is 31.0 Å². The van der Waals surface area contributed by atoms with Crippen molar-refractivity contribution < 1.29 is 9.53 Å². The maximum Gasteiger partial charge on any atom is 0.223 e. The summed E-state index contributed by atoms with van der Waals surface area (Å²) in [5.74, 6) is 1.33. The van der Waals surface area contributed by atoms with E-state index in [1.165, 1.54) is 0 Å². The zero-order valence-corrected chi connectivity index (χ0v) is 16.4. The first-order valence-corrected chi connectivity index (χ1v) is 9.40. The highest BCUT2D eigenvalue weighted by Gasteiger charge is 2.37. The first-order valence-electron chi connectivity index (χ1n) is 8.61. The van der Waals surface area contributed by atoms with Crippen molar-refractivity contribution in [2.45, 2.75) is 38.8 Å². The molecule has 1 aromatic heterocycles. The third kappa shape index (κ3) is 4.12. The van der Waals surface area contributed by atoms with Gasteiger partial charge in [-0.3, -0.25) is 4.79 Å². The molecule has 0 saturated carbocycles. The topological polar surface area (TPSA) is 58.2 Å². The molecule has 1 aliphatic heterocycles. The van der Waals surface area contributed by atoms with Crippen LogP contribution < -0.4 is 0 Å². The number of nitrogens with zero attached hydrogens (tertiary/aromatic N) is 2. The number of imidazole rings is 1. The standard InChI is InChI=1S/C19H24BrN3O2/c1-12(2)8-18(24)23-11-15(25-3)9-17(23)19-21-10-16(22-19)13-4-6-14(20)7-5-13/h4-7,10,12,15,17H,8-9,11H2,1-3H3,(H,21,22). The Morgan fingerprint density at radius 2 is 2.12 bits per heavy atom. The summed E-state index contributed by atoms with van der Waals surface area (Å²) in [4.78, 5) is 22.5. The number of aromatic nitrogens is 2. The van der Waals surface area contributed by atoms with Gasteiger partial charge in [0.15, 0.2) is 0 Å². The lowest BCUT2D eigenvalue weighted by molar-refractivity contribution is -0.133. The predicted molar refractivity (Wildman–Crippen MR) is 101 cm³/mol. The van der Waals surface area contributed by atoms with E-state index in [0.717, 1.165) is 28.0 Å². The highest BCUT2D eigenvalue weighted by Crippen LogP contribution is 2.34. The molecule has 3 rings (SSSR count). The Bertz CT molecular complexity index is 727. The number of halogens is 1. The number of ether oxygens (including phenoxy) is 1. The zero-order valence-electron chi connectivity index (χ0n) is 14.8. The predicted octanol–water partition coefficient (Wildman–Crippen LogP) is 4.17. The van der Waals surface area contributed by atoms with Crippen molar-refractivity contribution in [3.05, 3.63) is 40.8 Å². The number of rotatable bonds is 5. The van der Waals surface area contributed by atoms with Crippen molar-refractivity contribution in [3.8, 4) is 11.3 Å². The number of nitrogens with one attached hydrogen (secondary N) is 1. The maximum absolute atomic E-state index is 12.6. The van der Waals surface area contributed by atoms with Gasteiger partial charge in [0.05, 0.1) is 24.0 Å². The Balaban J connectivity index is 1.83. The van der Waals surface area contributed by atoms with E-state index in [4.69, 9.17) is 4.74 Å². The average molecular weight is 406 g/mol. The van der Waals surface area contributed by atoms with Gasteiger partial charge in [-0.25, -0.2) is 4.98 Å². The molecule has 1 fully saturated rings. The van der Waals surface area contributed by atoms with Crippen LogP contribution >= 0.6 is 15.9 Å².